The molecule has 0 aliphatic carbocycles. The van der Waals surface area contributed by atoms with E-state index < -0.39 is 0 Å². The molecule has 1 aromatic rings. The highest BCUT2D eigenvalue weighted by molar-refractivity contribution is 5.22. The van der Waals surface area contributed by atoms with Crippen molar-refractivity contribution in [2.45, 2.75) is 26.2 Å². The fraction of sp³-hybridized carbons (Fsp3) is 0.647. The first-order chi connectivity index (χ1) is 10.1. The zero-order valence-corrected chi connectivity index (χ0v) is 13.4. The van der Waals surface area contributed by atoms with Gasteiger partial charge in [-0.2, -0.15) is 0 Å². The summed E-state index contributed by atoms with van der Waals surface area (Å²) in [6.07, 6.45) is 0.801. The molecule has 0 aliphatic heterocycles. The minimum Gasteiger partial charge on any atom is -0.382 e. The van der Waals surface area contributed by atoms with Crippen LogP contribution in [0.5, 0.6) is 0 Å². The van der Waals surface area contributed by atoms with E-state index in [0.29, 0.717) is 25.7 Å². The molecule has 120 valence electrons. The van der Waals surface area contributed by atoms with E-state index in [9.17, 15) is 4.39 Å². The normalized spacial score (nSPS) is 12.8. The van der Waals surface area contributed by atoms with Crippen LogP contribution < -0.4 is 5.32 Å². The van der Waals surface area contributed by atoms with Crippen molar-refractivity contribution in [1.82, 2.24) is 5.32 Å². The highest BCUT2D eigenvalue weighted by Gasteiger charge is 2.15. The van der Waals surface area contributed by atoms with Crippen molar-refractivity contribution in [1.29, 1.82) is 0 Å². The smallest absolute Gasteiger partial charge is 0.126 e. The second kappa shape index (κ2) is 10.7. The number of ether oxygens (including phenoxy) is 2. The van der Waals surface area contributed by atoms with Gasteiger partial charge in [0.15, 0.2) is 0 Å². The van der Waals surface area contributed by atoms with Gasteiger partial charge < -0.3 is 14.8 Å². The van der Waals surface area contributed by atoms with Crippen molar-refractivity contribution in [3.8, 4) is 0 Å². The fourth-order valence-corrected chi connectivity index (χ4v) is 2.19. The molecule has 0 radical (unpaired) electrons. The minimum atomic E-state index is -0.134. The number of methoxy groups -OCH3 is 1. The maximum atomic E-state index is 14.0. The van der Waals surface area contributed by atoms with Crippen LogP contribution in [0.4, 0.5) is 4.39 Å². The molecule has 1 unspecified atom stereocenters. The maximum Gasteiger partial charge on any atom is 0.126 e. The summed E-state index contributed by atoms with van der Waals surface area (Å²) in [4.78, 5) is 0. The van der Waals surface area contributed by atoms with Gasteiger partial charge in [-0.1, -0.05) is 32.0 Å². The number of benzene rings is 1. The van der Waals surface area contributed by atoms with E-state index in [2.05, 4.69) is 19.2 Å². The van der Waals surface area contributed by atoms with Gasteiger partial charge in [0.2, 0.25) is 0 Å². The second-order valence-corrected chi connectivity index (χ2v) is 5.66. The van der Waals surface area contributed by atoms with E-state index in [1.807, 2.05) is 12.1 Å². The van der Waals surface area contributed by atoms with Crippen molar-refractivity contribution < 1.29 is 13.9 Å². The van der Waals surface area contributed by atoms with Crippen LogP contribution in [0.2, 0.25) is 0 Å². The van der Waals surface area contributed by atoms with E-state index in [0.717, 1.165) is 25.1 Å². The number of nitrogens with one attached hydrogen (secondary N) is 1. The molecular weight excluding hydrogens is 269 g/mol. The summed E-state index contributed by atoms with van der Waals surface area (Å²) in [6, 6.07) is 7.01. The maximum absolute atomic E-state index is 14.0. The molecule has 0 saturated heterocycles. The molecule has 1 atom stereocenters. The van der Waals surface area contributed by atoms with E-state index in [1.54, 1.807) is 13.2 Å². The Kier molecular flexibility index (Phi) is 9.22. The lowest BCUT2D eigenvalue weighted by Gasteiger charge is -2.19. The van der Waals surface area contributed by atoms with Crippen molar-refractivity contribution >= 4 is 0 Å². The molecule has 0 aromatic heterocycles. The van der Waals surface area contributed by atoms with E-state index in [4.69, 9.17) is 9.47 Å². The van der Waals surface area contributed by atoms with E-state index in [1.165, 1.54) is 6.07 Å². The van der Waals surface area contributed by atoms with Gasteiger partial charge in [0.1, 0.15) is 5.82 Å². The molecule has 0 fully saturated rings. The third-order valence-corrected chi connectivity index (χ3v) is 3.33. The highest BCUT2D eigenvalue weighted by atomic mass is 19.1. The molecular formula is C17H28FNO2. The average molecular weight is 297 g/mol. The number of halogens is 1. The van der Waals surface area contributed by atoms with Gasteiger partial charge in [-0.3, -0.25) is 0 Å². The van der Waals surface area contributed by atoms with E-state index in [-0.39, 0.29) is 11.7 Å². The molecule has 0 amide bonds. The quantitative estimate of drug-likeness (QED) is 0.636. The van der Waals surface area contributed by atoms with Crippen LogP contribution in [0.15, 0.2) is 24.3 Å². The van der Waals surface area contributed by atoms with Crippen LogP contribution >= 0.6 is 0 Å². The predicted molar refractivity (Wildman–Crippen MR) is 84.2 cm³/mol. The van der Waals surface area contributed by atoms with E-state index >= 15 is 0 Å². The minimum absolute atomic E-state index is 0.132. The molecule has 0 spiro atoms. The Morgan fingerprint density at radius 3 is 2.52 bits per heavy atom. The van der Waals surface area contributed by atoms with Gasteiger partial charge in [-0.05, 0) is 30.5 Å². The summed E-state index contributed by atoms with van der Waals surface area (Å²) >= 11 is 0. The summed E-state index contributed by atoms with van der Waals surface area (Å²) in [7, 11) is 1.65. The lowest BCUT2D eigenvalue weighted by Crippen LogP contribution is -2.26. The first-order valence-corrected chi connectivity index (χ1v) is 7.67. The molecule has 1 N–H and O–H groups in total. The third-order valence-electron chi connectivity index (χ3n) is 3.33. The summed E-state index contributed by atoms with van der Waals surface area (Å²) in [5, 5.41) is 3.42. The van der Waals surface area contributed by atoms with Gasteiger partial charge in [0.05, 0.1) is 13.2 Å². The summed E-state index contributed by atoms with van der Waals surface area (Å²) in [5.41, 5.74) is 0.768. The molecule has 0 saturated carbocycles. The molecule has 0 bridgehead atoms. The largest absolute Gasteiger partial charge is 0.382 e. The van der Waals surface area contributed by atoms with Crippen LogP contribution in [-0.4, -0.2) is 40.0 Å². The molecule has 3 nitrogen and oxygen atoms in total. The first-order valence-electron chi connectivity index (χ1n) is 7.67. The Labute approximate surface area is 127 Å². The molecule has 0 aliphatic rings. The average Bonchev–Trinajstić information content (AvgIpc) is 2.45. The highest BCUT2D eigenvalue weighted by Crippen LogP contribution is 2.22. The topological polar surface area (TPSA) is 30.5 Å². The lowest BCUT2D eigenvalue weighted by molar-refractivity contribution is 0.0668. The van der Waals surface area contributed by atoms with Crippen LogP contribution in [0.1, 0.15) is 31.7 Å². The van der Waals surface area contributed by atoms with Crippen LogP contribution in [0.3, 0.4) is 0 Å². The Morgan fingerprint density at radius 1 is 1.10 bits per heavy atom. The van der Waals surface area contributed by atoms with Gasteiger partial charge in [0.25, 0.3) is 0 Å². The lowest BCUT2D eigenvalue weighted by atomic mass is 9.95. The summed E-state index contributed by atoms with van der Waals surface area (Å²) in [5.74, 6) is 0.586. The van der Waals surface area contributed by atoms with Crippen LogP contribution in [0.25, 0.3) is 0 Å². The second-order valence-electron chi connectivity index (χ2n) is 5.66. The molecule has 1 rings (SSSR count). The molecule has 21 heavy (non-hydrogen) atoms. The predicted octanol–water partition coefficient (Wildman–Crippen LogP) is 3.21. The number of hydrogen-bond acceptors (Lipinski definition) is 3. The molecule has 1 aromatic carbocycles. The monoisotopic (exact) mass is 297 g/mol. The SMILES string of the molecule is COCCOCCC(CNCC(C)C)c1ccccc1F. The standard InChI is InChI=1S/C17H28FNO2/c1-14(2)12-19-13-15(8-9-21-11-10-20-3)16-6-4-5-7-17(16)18/h4-7,14-15,19H,8-13H2,1-3H3. The van der Waals surface area contributed by atoms with Gasteiger partial charge in [-0.25, -0.2) is 4.39 Å². The number of rotatable bonds is 11. The zero-order valence-electron chi connectivity index (χ0n) is 13.4. The Morgan fingerprint density at radius 2 is 1.86 bits per heavy atom. The Bertz CT molecular complexity index is 385. The molecule has 0 heterocycles. The van der Waals surface area contributed by atoms with Crippen LogP contribution in [0, 0.1) is 11.7 Å². The first kappa shape index (κ1) is 18.1. The fourth-order valence-electron chi connectivity index (χ4n) is 2.19. The van der Waals surface area contributed by atoms with Gasteiger partial charge in [-0.15, -0.1) is 0 Å². The van der Waals surface area contributed by atoms with Crippen molar-refractivity contribution in [3.05, 3.63) is 35.6 Å². The Balaban J connectivity index is 2.51. The summed E-state index contributed by atoms with van der Waals surface area (Å²) < 4.78 is 24.4. The van der Waals surface area contributed by atoms with Gasteiger partial charge in [0, 0.05) is 26.2 Å². The summed E-state index contributed by atoms with van der Waals surface area (Å²) in [6.45, 7) is 7.84. The van der Waals surface area contributed by atoms with Crippen molar-refractivity contribution in [3.63, 3.8) is 0 Å². The van der Waals surface area contributed by atoms with Crippen molar-refractivity contribution in [2.24, 2.45) is 5.92 Å². The van der Waals surface area contributed by atoms with Crippen molar-refractivity contribution in [2.75, 3.05) is 40.0 Å². The molecule has 4 heteroatoms. The zero-order chi connectivity index (χ0) is 15.5. The number of hydrogen-bond donors (Lipinski definition) is 1. The third kappa shape index (κ3) is 7.55. The Hall–Kier alpha value is -0.970. The van der Waals surface area contributed by atoms with Gasteiger partial charge >= 0.3 is 0 Å². The van der Waals surface area contributed by atoms with Crippen LogP contribution in [-0.2, 0) is 9.47 Å².